The third kappa shape index (κ3) is 3.25. The highest BCUT2D eigenvalue weighted by Crippen LogP contribution is 2.01. The molecule has 0 aliphatic carbocycles. The highest BCUT2D eigenvalue weighted by atomic mass is 14.6. The quantitative estimate of drug-likeness (QED) is 0.592. The number of rotatable bonds is 3. The van der Waals surface area contributed by atoms with E-state index in [2.05, 4.69) is 6.58 Å². The Morgan fingerprint density at radius 1 is 1.60 bits per heavy atom. The molecule has 0 saturated heterocycles. The van der Waals surface area contributed by atoms with Crippen molar-refractivity contribution in [3.05, 3.63) is 36.5 Å². The lowest BCUT2D eigenvalue weighted by atomic mass is 10.1. The van der Waals surface area contributed by atoms with Crippen LogP contribution in [0.4, 0.5) is 0 Å². The summed E-state index contributed by atoms with van der Waals surface area (Å²) in [5, 5.41) is 0. The Bertz CT molecular complexity index is 152. The van der Waals surface area contributed by atoms with Gasteiger partial charge in [-0.15, -0.1) is 0 Å². The van der Waals surface area contributed by atoms with Crippen LogP contribution in [0.15, 0.2) is 36.5 Å². The normalized spacial score (nSPS) is 15.7. The summed E-state index contributed by atoms with van der Waals surface area (Å²) in [5.74, 6) is 0. The van der Waals surface area contributed by atoms with Crippen LogP contribution in [0.2, 0.25) is 0 Å². The summed E-state index contributed by atoms with van der Waals surface area (Å²) < 4.78 is 0. The standard InChI is InChI=1S/C9H15N/c1-4-6-9(7-5-2)8(3)10/h4-8H,1,10H2,2-3H3/b7-5-,9-6+. The second-order valence-corrected chi connectivity index (χ2v) is 2.19. The molecule has 0 fully saturated rings. The molecule has 0 saturated carbocycles. The van der Waals surface area contributed by atoms with Crippen LogP contribution < -0.4 is 5.73 Å². The maximum Gasteiger partial charge on any atom is 0.0265 e. The predicted molar refractivity (Wildman–Crippen MR) is 46.7 cm³/mol. The Morgan fingerprint density at radius 2 is 2.20 bits per heavy atom. The number of nitrogens with two attached hydrogens (primary N) is 1. The lowest BCUT2D eigenvalue weighted by molar-refractivity contribution is 0.885. The summed E-state index contributed by atoms with van der Waals surface area (Å²) in [6, 6.07) is 0.0919. The summed E-state index contributed by atoms with van der Waals surface area (Å²) in [4.78, 5) is 0. The van der Waals surface area contributed by atoms with E-state index in [0.717, 1.165) is 5.57 Å². The molecule has 56 valence electrons. The van der Waals surface area contributed by atoms with E-state index >= 15 is 0 Å². The van der Waals surface area contributed by atoms with Gasteiger partial charge in [-0.3, -0.25) is 0 Å². The van der Waals surface area contributed by atoms with Crippen LogP contribution in [0, 0.1) is 0 Å². The molecule has 0 aromatic rings. The zero-order valence-electron chi connectivity index (χ0n) is 6.67. The van der Waals surface area contributed by atoms with E-state index in [0.29, 0.717) is 0 Å². The van der Waals surface area contributed by atoms with E-state index in [1.54, 1.807) is 6.08 Å². The van der Waals surface area contributed by atoms with Crippen LogP contribution in [-0.4, -0.2) is 6.04 Å². The van der Waals surface area contributed by atoms with Gasteiger partial charge < -0.3 is 5.73 Å². The van der Waals surface area contributed by atoms with Crippen molar-refractivity contribution < 1.29 is 0 Å². The van der Waals surface area contributed by atoms with Crippen molar-refractivity contribution in [1.29, 1.82) is 0 Å². The van der Waals surface area contributed by atoms with Crippen molar-refractivity contribution in [3.8, 4) is 0 Å². The molecule has 0 aromatic carbocycles. The average molecular weight is 137 g/mol. The fourth-order valence-corrected chi connectivity index (χ4v) is 0.688. The summed E-state index contributed by atoms with van der Waals surface area (Å²) in [5.41, 5.74) is 6.75. The van der Waals surface area contributed by atoms with Gasteiger partial charge in [0.1, 0.15) is 0 Å². The maximum absolute atomic E-state index is 5.64. The Balaban J connectivity index is 4.25. The first-order valence-corrected chi connectivity index (χ1v) is 3.43. The first-order chi connectivity index (χ1) is 4.72. The molecule has 0 bridgehead atoms. The van der Waals surface area contributed by atoms with Crippen molar-refractivity contribution in [2.75, 3.05) is 0 Å². The van der Waals surface area contributed by atoms with Gasteiger partial charge in [0.15, 0.2) is 0 Å². The molecule has 10 heavy (non-hydrogen) atoms. The van der Waals surface area contributed by atoms with E-state index < -0.39 is 0 Å². The van der Waals surface area contributed by atoms with Crippen molar-refractivity contribution in [2.24, 2.45) is 5.73 Å². The molecule has 0 aromatic heterocycles. The molecule has 1 unspecified atom stereocenters. The summed E-state index contributed by atoms with van der Waals surface area (Å²) in [6.45, 7) is 7.52. The van der Waals surface area contributed by atoms with Gasteiger partial charge in [0.2, 0.25) is 0 Å². The Morgan fingerprint density at radius 3 is 2.50 bits per heavy atom. The van der Waals surface area contributed by atoms with Gasteiger partial charge >= 0.3 is 0 Å². The molecule has 1 nitrogen and oxygen atoms in total. The smallest absolute Gasteiger partial charge is 0.0265 e. The van der Waals surface area contributed by atoms with E-state index in [1.807, 2.05) is 32.1 Å². The van der Waals surface area contributed by atoms with Crippen molar-refractivity contribution in [2.45, 2.75) is 19.9 Å². The lowest BCUT2D eigenvalue weighted by Gasteiger charge is -2.03. The first kappa shape index (κ1) is 9.18. The molecule has 0 aliphatic heterocycles. The maximum atomic E-state index is 5.64. The molecule has 0 aliphatic rings. The SMILES string of the molecule is C=C/C=C(\C=C/C)C(C)N. The Labute approximate surface area is 62.9 Å². The van der Waals surface area contributed by atoms with E-state index in [-0.39, 0.29) is 6.04 Å². The van der Waals surface area contributed by atoms with Crippen LogP contribution in [0.3, 0.4) is 0 Å². The third-order valence-corrected chi connectivity index (χ3v) is 1.20. The molecule has 0 spiro atoms. The lowest BCUT2D eigenvalue weighted by Crippen LogP contribution is -2.16. The van der Waals surface area contributed by atoms with Crippen LogP contribution in [0.1, 0.15) is 13.8 Å². The van der Waals surface area contributed by atoms with Gasteiger partial charge in [-0.25, -0.2) is 0 Å². The fraction of sp³-hybridized carbons (Fsp3) is 0.333. The minimum absolute atomic E-state index is 0.0919. The largest absolute Gasteiger partial charge is 0.324 e. The van der Waals surface area contributed by atoms with Crippen molar-refractivity contribution in [1.82, 2.24) is 0 Å². The first-order valence-electron chi connectivity index (χ1n) is 3.43. The second kappa shape index (κ2) is 5.00. The average Bonchev–Trinajstić information content (AvgIpc) is 1.87. The van der Waals surface area contributed by atoms with Gasteiger partial charge in [-0.2, -0.15) is 0 Å². The highest BCUT2D eigenvalue weighted by Gasteiger charge is 1.95. The second-order valence-electron chi connectivity index (χ2n) is 2.19. The van der Waals surface area contributed by atoms with Crippen LogP contribution >= 0.6 is 0 Å². The summed E-state index contributed by atoms with van der Waals surface area (Å²) in [7, 11) is 0. The molecule has 0 amide bonds. The van der Waals surface area contributed by atoms with Crippen molar-refractivity contribution in [3.63, 3.8) is 0 Å². The van der Waals surface area contributed by atoms with E-state index in [1.165, 1.54) is 0 Å². The van der Waals surface area contributed by atoms with Gasteiger partial charge in [-0.05, 0) is 19.4 Å². The summed E-state index contributed by atoms with van der Waals surface area (Å²) >= 11 is 0. The third-order valence-electron chi connectivity index (χ3n) is 1.20. The Hall–Kier alpha value is -0.820. The zero-order chi connectivity index (χ0) is 7.98. The topological polar surface area (TPSA) is 26.0 Å². The van der Waals surface area contributed by atoms with Crippen molar-refractivity contribution >= 4 is 0 Å². The summed E-state index contributed by atoms with van der Waals surface area (Å²) in [6.07, 6.45) is 7.63. The van der Waals surface area contributed by atoms with Crippen LogP contribution in [0.5, 0.6) is 0 Å². The number of hydrogen-bond acceptors (Lipinski definition) is 1. The van der Waals surface area contributed by atoms with Gasteiger partial charge in [-0.1, -0.05) is 30.9 Å². The number of allylic oxidation sites excluding steroid dienone is 3. The van der Waals surface area contributed by atoms with Crippen LogP contribution in [-0.2, 0) is 0 Å². The molecule has 0 heterocycles. The van der Waals surface area contributed by atoms with Gasteiger partial charge in [0.25, 0.3) is 0 Å². The van der Waals surface area contributed by atoms with E-state index in [4.69, 9.17) is 5.73 Å². The van der Waals surface area contributed by atoms with Gasteiger partial charge in [0.05, 0.1) is 0 Å². The fourth-order valence-electron chi connectivity index (χ4n) is 0.688. The molecule has 2 N–H and O–H groups in total. The zero-order valence-corrected chi connectivity index (χ0v) is 6.67. The van der Waals surface area contributed by atoms with Gasteiger partial charge in [0, 0.05) is 6.04 Å². The minimum Gasteiger partial charge on any atom is -0.324 e. The predicted octanol–water partition coefficient (Wildman–Crippen LogP) is 2.02. The monoisotopic (exact) mass is 137 g/mol. The minimum atomic E-state index is 0.0919. The molecule has 0 rings (SSSR count). The highest BCUT2D eigenvalue weighted by molar-refractivity contribution is 5.26. The number of hydrogen-bond donors (Lipinski definition) is 1. The van der Waals surface area contributed by atoms with Crippen LogP contribution in [0.25, 0.3) is 0 Å². The molecule has 1 heteroatoms. The molecular weight excluding hydrogens is 122 g/mol. The molecule has 0 radical (unpaired) electrons. The Kier molecular flexibility index (Phi) is 4.59. The van der Waals surface area contributed by atoms with E-state index in [9.17, 15) is 0 Å². The molecule has 1 atom stereocenters. The molecular formula is C9H15N.